The molecule has 1 aliphatic heterocycles. The van der Waals surface area contributed by atoms with Crippen LogP contribution in [0, 0.1) is 0 Å². The van der Waals surface area contributed by atoms with Gasteiger partial charge < -0.3 is 14.5 Å². The minimum absolute atomic E-state index is 0.237. The number of nitrogens with zero attached hydrogens (tertiary/aromatic N) is 4. The van der Waals surface area contributed by atoms with Crippen molar-refractivity contribution in [2.24, 2.45) is 0 Å². The van der Waals surface area contributed by atoms with Crippen LogP contribution in [0.4, 0.5) is 5.13 Å². The van der Waals surface area contributed by atoms with Crippen LogP contribution < -0.4 is 9.64 Å². The molecule has 0 radical (unpaired) electrons. The Morgan fingerprint density at radius 3 is 2.76 bits per heavy atom. The van der Waals surface area contributed by atoms with E-state index in [0.717, 1.165) is 22.3 Å². The lowest BCUT2D eigenvalue weighted by molar-refractivity contribution is -0.129. The smallest absolute Gasteiger partial charge is 0.255 e. The van der Waals surface area contributed by atoms with Gasteiger partial charge in [0.2, 0.25) is 5.13 Å². The number of carbonyl (C=O) groups excluding carboxylic acids is 1. The topological polar surface area (TPSA) is 58.6 Å². The zero-order chi connectivity index (χ0) is 17.8. The number of rotatable bonds is 5. The Kier molecular flexibility index (Phi) is 5.98. The number of amides is 1. The van der Waals surface area contributed by atoms with Crippen LogP contribution in [0.15, 0.2) is 24.3 Å². The number of aromatic nitrogens is 2. The molecule has 6 nitrogen and oxygen atoms in total. The fourth-order valence-corrected chi connectivity index (χ4v) is 3.68. The molecule has 0 aliphatic carbocycles. The number of piperazine rings is 1. The minimum Gasteiger partial charge on any atom is -0.497 e. The molecule has 0 spiro atoms. The summed E-state index contributed by atoms with van der Waals surface area (Å²) in [6.45, 7) is 2.55. The number of halogens is 2. The molecule has 0 saturated carbocycles. The van der Waals surface area contributed by atoms with Gasteiger partial charge in [-0.3, -0.25) is 4.79 Å². The monoisotopic (exact) mass is 400 g/mol. The van der Waals surface area contributed by atoms with Gasteiger partial charge in [-0.2, -0.15) is 4.37 Å². The third-order valence-corrected chi connectivity index (χ3v) is 5.19. The van der Waals surface area contributed by atoms with E-state index in [-0.39, 0.29) is 5.91 Å². The standard InChI is InChI=1S/C16H18Cl2N4O2S/c1-24-12-4-2-3-11(9-12)10-13-19-16(25-20-13)22-7-5-21(6-8-22)15(23)14(17)18/h2-4,9,14H,5-8,10H2,1H3. The Bertz CT molecular complexity index is 732. The first-order valence-electron chi connectivity index (χ1n) is 7.84. The van der Waals surface area contributed by atoms with Crippen LogP contribution in [0.3, 0.4) is 0 Å². The van der Waals surface area contributed by atoms with Crippen LogP contribution in [0.1, 0.15) is 11.4 Å². The van der Waals surface area contributed by atoms with E-state index in [9.17, 15) is 4.79 Å². The summed E-state index contributed by atoms with van der Waals surface area (Å²) in [5, 5.41) is 0.873. The maximum Gasteiger partial charge on any atom is 0.255 e. The summed E-state index contributed by atoms with van der Waals surface area (Å²) < 4.78 is 9.69. The highest BCUT2D eigenvalue weighted by molar-refractivity contribution is 7.09. The van der Waals surface area contributed by atoms with Crippen molar-refractivity contribution in [3.63, 3.8) is 0 Å². The lowest BCUT2D eigenvalue weighted by Gasteiger charge is -2.34. The first-order valence-corrected chi connectivity index (χ1v) is 9.49. The lowest BCUT2D eigenvalue weighted by Crippen LogP contribution is -2.50. The number of ether oxygens (including phenoxy) is 1. The van der Waals surface area contributed by atoms with E-state index < -0.39 is 4.84 Å². The van der Waals surface area contributed by atoms with Gasteiger partial charge in [-0.1, -0.05) is 35.3 Å². The Balaban J connectivity index is 1.59. The molecule has 1 aromatic carbocycles. The number of hydrogen-bond acceptors (Lipinski definition) is 6. The Morgan fingerprint density at radius 2 is 2.08 bits per heavy atom. The molecule has 2 heterocycles. The van der Waals surface area contributed by atoms with Gasteiger partial charge in [0.1, 0.15) is 11.6 Å². The molecule has 1 aromatic heterocycles. The first kappa shape index (κ1) is 18.2. The van der Waals surface area contributed by atoms with Gasteiger partial charge in [0.15, 0.2) is 4.84 Å². The quantitative estimate of drug-likeness (QED) is 0.721. The Labute approximate surface area is 160 Å². The maximum atomic E-state index is 11.8. The summed E-state index contributed by atoms with van der Waals surface area (Å²) in [7, 11) is 1.65. The maximum absolute atomic E-state index is 11.8. The summed E-state index contributed by atoms with van der Waals surface area (Å²) >= 11 is 12.7. The Morgan fingerprint density at radius 1 is 1.32 bits per heavy atom. The summed E-state index contributed by atoms with van der Waals surface area (Å²) in [4.78, 5) is 19.3. The molecule has 3 rings (SSSR count). The van der Waals surface area contributed by atoms with E-state index >= 15 is 0 Å². The van der Waals surface area contributed by atoms with Crippen LogP contribution in [-0.4, -0.2) is 58.3 Å². The molecule has 0 N–H and O–H groups in total. The highest BCUT2D eigenvalue weighted by Crippen LogP contribution is 2.22. The third kappa shape index (κ3) is 4.54. The van der Waals surface area contributed by atoms with E-state index in [1.807, 2.05) is 24.3 Å². The van der Waals surface area contributed by atoms with Crippen LogP contribution in [0.2, 0.25) is 0 Å². The SMILES string of the molecule is COc1cccc(Cc2nsc(N3CCN(C(=O)C(Cl)Cl)CC3)n2)c1. The van der Waals surface area contributed by atoms with Crippen molar-refractivity contribution < 1.29 is 9.53 Å². The number of carbonyl (C=O) groups is 1. The summed E-state index contributed by atoms with van der Waals surface area (Å²) in [6.07, 6.45) is 0.659. The van der Waals surface area contributed by atoms with Gasteiger partial charge in [-0.25, -0.2) is 4.98 Å². The number of alkyl halides is 2. The zero-order valence-electron chi connectivity index (χ0n) is 13.7. The van der Waals surface area contributed by atoms with Gasteiger partial charge in [0.25, 0.3) is 5.91 Å². The van der Waals surface area contributed by atoms with Crippen molar-refractivity contribution in [1.29, 1.82) is 0 Å². The average molecular weight is 401 g/mol. The third-order valence-electron chi connectivity index (χ3n) is 4.00. The number of benzene rings is 1. The van der Waals surface area contributed by atoms with Crippen molar-refractivity contribution in [2.45, 2.75) is 11.3 Å². The summed E-state index contributed by atoms with van der Waals surface area (Å²) in [5.41, 5.74) is 1.11. The van der Waals surface area contributed by atoms with Gasteiger partial charge in [-0.15, -0.1) is 0 Å². The molecular weight excluding hydrogens is 383 g/mol. The predicted octanol–water partition coefficient (Wildman–Crippen LogP) is 2.59. The van der Waals surface area contributed by atoms with Gasteiger partial charge in [-0.05, 0) is 17.7 Å². The second-order valence-corrected chi connectivity index (χ2v) is 7.46. The van der Waals surface area contributed by atoms with Crippen molar-refractivity contribution >= 4 is 45.8 Å². The molecule has 1 saturated heterocycles. The minimum atomic E-state index is -0.998. The van der Waals surface area contributed by atoms with E-state index in [4.69, 9.17) is 27.9 Å². The molecule has 0 bridgehead atoms. The van der Waals surface area contributed by atoms with Crippen molar-refractivity contribution in [3.05, 3.63) is 35.7 Å². The van der Waals surface area contributed by atoms with Crippen LogP contribution in [0.25, 0.3) is 0 Å². The molecule has 9 heteroatoms. The number of anilines is 1. The van der Waals surface area contributed by atoms with E-state index in [1.165, 1.54) is 11.5 Å². The van der Waals surface area contributed by atoms with Gasteiger partial charge in [0, 0.05) is 44.1 Å². The number of hydrogen-bond donors (Lipinski definition) is 0. The highest BCUT2D eigenvalue weighted by atomic mass is 35.5. The van der Waals surface area contributed by atoms with Crippen molar-refractivity contribution in [2.75, 3.05) is 38.2 Å². The fraction of sp³-hybridized carbons (Fsp3) is 0.438. The second kappa shape index (κ2) is 8.21. The lowest BCUT2D eigenvalue weighted by atomic mass is 10.1. The molecule has 1 fully saturated rings. The van der Waals surface area contributed by atoms with E-state index in [1.54, 1.807) is 12.0 Å². The molecule has 1 amide bonds. The average Bonchev–Trinajstić information content (AvgIpc) is 3.09. The van der Waals surface area contributed by atoms with Gasteiger partial charge in [0.05, 0.1) is 7.11 Å². The van der Waals surface area contributed by atoms with Gasteiger partial charge >= 0.3 is 0 Å². The molecule has 2 aromatic rings. The summed E-state index contributed by atoms with van der Waals surface area (Å²) in [6, 6.07) is 7.89. The summed E-state index contributed by atoms with van der Waals surface area (Å²) in [5.74, 6) is 1.37. The molecule has 134 valence electrons. The van der Waals surface area contributed by atoms with Crippen LogP contribution >= 0.6 is 34.7 Å². The van der Waals surface area contributed by atoms with Crippen LogP contribution in [0.5, 0.6) is 5.75 Å². The first-order chi connectivity index (χ1) is 12.1. The largest absolute Gasteiger partial charge is 0.497 e. The predicted molar refractivity (Wildman–Crippen MR) is 100.0 cm³/mol. The molecule has 25 heavy (non-hydrogen) atoms. The fourth-order valence-electron chi connectivity index (χ4n) is 2.67. The zero-order valence-corrected chi connectivity index (χ0v) is 16.0. The van der Waals surface area contributed by atoms with Crippen molar-refractivity contribution in [1.82, 2.24) is 14.3 Å². The normalized spacial score (nSPS) is 14.9. The van der Waals surface area contributed by atoms with E-state index in [2.05, 4.69) is 14.3 Å². The Hall–Kier alpha value is -1.57. The highest BCUT2D eigenvalue weighted by Gasteiger charge is 2.26. The number of methoxy groups -OCH3 is 1. The van der Waals surface area contributed by atoms with Crippen LogP contribution in [-0.2, 0) is 11.2 Å². The van der Waals surface area contributed by atoms with Crippen molar-refractivity contribution in [3.8, 4) is 5.75 Å². The second-order valence-electron chi connectivity index (χ2n) is 5.63. The molecule has 0 unspecified atom stereocenters. The molecule has 1 aliphatic rings. The molecule has 0 atom stereocenters. The van der Waals surface area contributed by atoms with E-state index in [0.29, 0.717) is 32.6 Å². The molecular formula is C16H18Cl2N4O2S.